The molecule has 2 aromatic rings. The van der Waals surface area contributed by atoms with E-state index in [1.807, 2.05) is 30.3 Å². The van der Waals surface area contributed by atoms with Gasteiger partial charge in [-0.15, -0.1) is 24.0 Å². The first-order valence-electron chi connectivity index (χ1n) is 7.60. The number of pyridine rings is 1. The first-order chi connectivity index (χ1) is 11.8. The molecule has 0 aliphatic carbocycles. The van der Waals surface area contributed by atoms with Crippen molar-refractivity contribution in [1.82, 2.24) is 15.6 Å². The third kappa shape index (κ3) is 5.12. The number of hydrogen-bond acceptors (Lipinski definition) is 5. The molecule has 2 heterocycles. The van der Waals surface area contributed by atoms with Gasteiger partial charge in [-0.3, -0.25) is 4.99 Å². The van der Waals surface area contributed by atoms with E-state index in [9.17, 15) is 0 Å². The van der Waals surface area contributed by atoms with Gasteiger partial charge in [0.25, 0.3) is 0 Å². The van der Waals surface area contributed by atoms with E-state index >= 15 is 0 Å². The Bertz CT molecular complexity index is 722. The van der Waals surface area contributed by atoms with Crippen molar-refractivity contribution in [3.63, 3.8) is 0 Å². The molecule has 0 atom stereocenters. The molecule has 0 fully saturated rings. The van der Waals surface area contributed by atoms with E-state index in [1.54, 1.807) is 20.4 Å². The molecule has 1 aromatic heterocycles. The largest absolute Gasteiger partial charge is 0.481 e. The molecule has 1 aromatic carbocycles. The average Bonchev–Trinajstić information content (AvgIpc) is 3.10. The van der Waals surface area contributed by atoms with Gasteiger partial charge in [-0.1, -0.05) is 12.1 Å². The predicted molar refractivity (Wildman–Crippen MR) is 106 cm³/mol. The number of nitrogens with one attached hydrogen (secondary N) is 2. The highest BCUT2D eigenvalue weighted by Gasteiger charge is 2.13. The number of benzene rings is 1. The summed E-state index contributed by atoms with van der Waals surface area (Å²) in [5.74, 6) is 2.88. The molecular weight excluding hydrogens is 435 g/mol. The van der Waals surface area contributed by atoms with Gasteiger partial charge in [-0.05, 0) is 23.3 Å². The summed E-state index contributed by atoms with van der Waals surface area (Å²) in [4.78, 5) is 8.40. The standard InChI is InChI=1S/C17H20N4O3.HI/c1-18-17(21-10-13-4-6-16(22-2)19-9-13)20-8-12-3-5-14-15(7-12)24-11-23-14;/h3-7,9H,8,10-11H2,1-2H3,(H2,18,20,21);1H. The molecule has 0 saturated carbocycles. The Morgan fingerprint density at radius 1 is 1.12 bits per heavy atom. The molecule has 0 bridgehead atoms. The van der Waals surface area contributed by atoms with Crippen LogP contribution in [0.4, 0.5) is 0 Å². The molecule has 0 spiro atoms. The highest BCUT2D eigenvalue weighted by atomic mass is 127. The third-order valence-corrected chi connectivity index (χ3v) is 3.59. The van der Waals surface area contributed by atoms with Gasteiger partial charge in [0.2, 0.25) is 12.7 Å². The Balaban J connectivity index is 0.00000225. The molecule has 7 nitrogen and oxygen atoms in total. The highest BCUT2D eigenvalue weighted by molar-refractivity contribution is 14.0. The maximum absolute atomic E-state index is 5.38. The molecule has 0 unspecified atom stereocenters. The minimum absolute atomic E-state index is 0. The zero-order valence-corrected chi connectivity index (χ0v) is 16.4. The Labute approximate surface area is 163 Å². The van der Waals surface area contributed by atoms with Crippen LogP contribution in [0.3, 0.4) is 0 Å². The van der Waals surface area contributed by atoms with Gasteiger partial charge in [0.05, 0.1) is 7.11 Å². The van der Waals surface area contributed by atoms with Gasteiger partial charge in [-0.2, -0.15) is 0 Å². The molecule has 0 saturated heterocycles. The summed E-state index contributed by atoms with van der Waals surface area (Å²) in [6.45, 7) is 1.54. The smallest absolute Gasteiger partial charge is 0.231 e. The number of rotatable bonds is 5. The molecule has 25 heavy (non-hydrogen) atoms. The quantitative estimate of drug-likeness (QED) is 0.409. The summed E-state index contributed by atoms with van der Waals surface area (Å²) in [5.41, 5.74) is 2.13. The van der Waals surface area contributed by atoms with Gasteiger partial charge < -0.3 is 24.8 Å². The van der Waals surface area contributed by atoms with Crippen molar-refractivity contribution in [1.29, 1.82) is 0 Å². The van der Waals surface area contributed by atoms with Crippen LogP contribution in [-0.4, -0.2) is 31.9 Å². The fourth-order valence-electron chi connectivity index (χ4n) is 2.28. The van der Waals surface area contributed by atoms with Gasteiger partial charge in [0.1, 0.15) is 0 Å². The van der Waals surface area contributed by atoms with Gasteiger partial charge in [0.15, 0.2) is 17.5 Å². The van der Waals surface area contributed by atoms with Crippen molar-refractivity contribution >= 4 is 29.9 Å². The number of ether oxygens (including phenoxy) is 3. The van der Waals surface area contributed by atoms with Crippen LogP contribution in [0.2, 0.25) is 0 Å². The van der Waals surface area contributed by atoms with E-state index < -0.39 is 0 Å². The lowest BCUT2D eigenvalue weighted by Gasteiger charge is -2.12. The lowest BCUT2D eigenvalue weighted by Crippen LogP contribution is -2.36. The van der Waals surface area contributed by atoms with E-state index in [4.69, 9.17) is 14.2 Å². The molecule has 3 rings (SSSR count). The first kappa shape index (κ1) is 19.1. The summed E-state index contributed by atoms with van der Waals surface area (Å²) in [6, 6.07) is 9.68. The van der Waals surface area contributed by atoms with Crippen molar-refractivity contribution in [2.24, 2.45) is 4.99 Å². The number of methoxy groups -OCH3 is 1. The third-order valence-electron chi connectivity index (χ3n) is 3.59. The van der Waals surface area contributed by atoms with Crippen LogP contribution >= 0.6 is 24.0 Å². The van der Waals surface area contributed by atoms with Gasteiger partial charge in [-0.25, -0.2) is 4.98 Å². The van der Waals surface area contributed by atoms with Crippen LogP contribution in [0.5, 0.6) is 17.4 Å². The Morgan fingerprint density at radius 2 is 1.84 bits per heavy atom. The van der Waals surface area contributed by atoms with Crippen molar-refractivity contribution < 1.29 is 14.2 Å². The fraction of sp³-hybridized carbons (Fsp3) is 0.294. The highest BCUT2D eigenvalue weighted by Crippen LogP contribution is 2.32. The SMILES string of the molecule is CN=C(NCc1ccc(OC)nc1)NCc1ccc2c(c1)OCO2.I. The second-order valence-electron chi connectivity index (χ2n) is 5.18. The summed E-state index contributed by atoms with van der Waals surface area (Å²) >= 11 is 0. The van der Waals surface area contributed by atoms with Crippen LogP contribution in [-0.2, 0) is 13.1 Å². The summed E-state index contributed by atoms with van der Waals surface area (Å²) in [5, 5.41) is 6.52. The molecule has 0 radical (unpaired) electrons. The molecular formula is C17H21IN4O3. The predicted octanol–water partition coefficient (Wildman–Crippen LogP) is 2.30. The first-order valence-corrected chi connectivity index (χ1v) is 7.60. The number of guanidine groups is 1. The Morgan fingerprint density at radius 3 is 2.52 bits per heavy atom. The normalized spacial score (nSPS) is 12.3. The van der Waals surface area contributed by atoms with Crippen LogP contribution in [0, 0.1) is 0 Å². The summed E-state index contributed by atoms with van der Waals surface area (Å²) < 4.78 is 15.7. The van der Waals surface area contributed by atoms with Crippen LogP contribution in [0.25, 0.3) is 0 Å². The number of halogens is 1. The maximum Gasteiger partial charge on any atom is 0.231 e. The van der Waals surface area contributed by atoms with Gasteiger partial charge in [0, 0.05) is 32.4 Å². The number of aromatic nitrogens is 1. The molecule has 1 aliphatic rings. The molecule has 134 valence electrons. The monoisotopic (exact) mass is 456 g/mol. The minimum Gasteiger partial charge on any atom is -0.481 e. The van der Waals surface area contributed by atoms with Crippen LogP contribution in [0.15, 0.2) is 41.5 Å². The number of aliphatic imine (C=N–C) groups is 1. The Hall–Kier alpha value is -2.23. The zero-order chi connectivity index (χ0) is 16.8. The van der Waals surface area contributed by atoms with Gasteiger partial charge >= 0.3 is 0 Å². The van der Waals surface area contributed by atoms with Crippen molar-refractivity contribution in [2.75, 3.05) is 21.0 Å². The van der Waals surface area contributed by atoms with Crippen LogP contribution < -0.4 is 24.8 Å². The molecule has 2 N–H and O–H groups in total. The number of fused-ring (bicyclic) bond motifs is 1. The van der Waals surface area contributed by atoms with Crippen molar-refractivity contribution in [2.45, 2.75) is 13.1 Å². The van der Waals surface area contributed by atoms with E-state index in [1.165, 1.54) is 0 Å². The van der Waals surface area contributed by atoms with E-state index in [-0.39, 0.29) is 30.8 Å². The molecule has 1 aliphatic heterocycles. The van der Waals surface area contributed by atoms with E-state index in [0.717, 1.165) is 22.6 Å². The lowest BCUT2D eigenvalue weighted by atomic mass is 10.2. The average molecular weight is 456 g/mol. The topological polar surface area (TPSA) is 77.0 Å². The second kappa shape index (κ2) is 9.30. The van der Waals surface area contributed by atoms with Crippen LogP contribution in [0.1, 0.15) is 11.1 Å². The fourth-order valence-corrected chi connectivity index (χ4v) is 2.28. The zero-order valence-electron chi connectivity index (χ0n) is 14.1. The minimum atomic E-state index is 0. The Kier molecular flexibility index (Phi) is 7.11. The lowest BCUT2D eigenvalue weighted by molar-refractivity contribution is 0.174. The second-order valence-corrected chi connectivity index (χ2v) is 5.18. The summed E-state index contributed by atoms with van der Waals surface area (Å²) in [7, 11) is 3.34. The number of nitrogens with zero attached hydrogens (tertiary/aromatic N) is 2. The maximum atomic E-state index is 5.38. The number of hydrogen-bond donors (Lipinski definition) is 2. The summed E-state index contributed by atoms with van der Waals surface area (Å²) in [6.07, 6.45) is 1.77. The van der Waals surface area contributed by atoms with Crippen molar-refractivity contribution in [3.05, 3.63) is 47.7 Å². The molecule has 8 heteroatoms. The van der Waals surface area contributed by atoms with E-state index in [0.29, 0.717) is 24.9 Å². The molecule has 0 amide bonds. The van der Waals surface area contributed by atoms with E-state index in [2.05, 4.69) is 20.6 Å². The van der Waals surface area contributed by atoms with Crippen molar-refractivity contribution in [3.8, 4) is 17.4 Å².